The molecule has 3 nitrogen and oxygen atoms in total. The average molecular weight is 378 g/mol. The third-order valence-electron chi connectivity index (χ3n) is 3.88. The van der Waals surface area contributed by atoms with E-state index in [1.807, 2.05) is 17.8 Å². The number of hydrogen-bond donors (Lipinski definition) is 1. The van der Waals surface area contributed by atoms with Gasteiger partial charge in [0.25, 0.3) is 0 Å². The van der Waals surface area contributed by atoms with Crippen LogP contribution >= 0.6 is 11.8 Å². The fourth-order valence-corrected chi connectivity index (χ4v) is 6.33. The summed E-state index contributed by atoms with van der Waals surface area (Å²) < 4.78 is 2.31. The Hall–Kier alpha value is -1.29. The molecule has 22 heavy (non-hydrogen) atoms. The first kappa shape index (κ1) is 15.6. The molecule has 0 amide bonds. The SMILES string of the molecule is CC1(C)CCSc2c([Se]c3ccc(C(=O)O)cn3)cccc21. The number of rotatable bonds is 3. The van der Waals surface area contributed by atoms with Crippen molar-refractivity contribution < 1.29 is 9.90 Å². The first-order valence-electron chi connectivity index (χ1n) is 7.11. The number of aromatic nitrogens is 1. The van der Waals surface area contributed by atoms with E-state index in [-0.39, 0.29) is 25.9 Å². The van der Waals surface area contributed by atoms with Crippen molar-refractivity contribution in [3.05, 3.63) is 47.7 Å². The summed E-state index contributed by atoms with van der Waals surface area (Å²) in [5, 5.41) is 8.94. The molecule has 1 aromatic carbocycles. The second kappa shape index (κ2) is 6.07. The van der Waals surface area contributed by atoms with E-state index < -0.39 is 5.97 Å². The molecule has 0 bridgehead atoms. The summed E-state index contributed by atoms with van der Waals surface area (Å²) in [6.07, 6.45) is 2.65. The summed E-state index contributed by atoms with van der Waals surface area (Å²) in [4.78, 5) is 16.6. The van der Waals surface area contributed by atoms with Gasteiger partial charge in [-0.2, -0.15) is 0 Å². The molecule has 3 rings (SSSR count). The summed E-state index contributed by atoms with van der Waals surface area (Å²) in [6, 6.07) is 10.0. The van der Waals surface area contributed by atoms with E-state index in [1.165, 1.54) is 27.5 Å². The van der Waals surface area contributed by atoms with Crippen molar-refractivity contribution >= 4 is 41.7 Å². The van der Waals surface area contributed by atoms with E-state index in [2.05, 4.69) is 37.0 Å². The van der Waals surface area contributed by atoms with E-state index in [0.717, 1.165) is 10.3 Å². The molecule has 0 saturated heterocycles. The molecule has 1 aliphatic heterocycles. The van der Waals surface area contributed by atoms with Gasteiger partial charge in [-0.05, 0) is 0 Å². The molecule has 0 unspecified atom stereocenters. The third kappa shape index (κ3) is 3.07. The van der Waals surface area contributed by atoms with Crippen molar-refractivity contribution in [3.8, 4) is 0 Å². The van der Waals surface area contributed by atoms with Crippen LogP contribution in [0.1, 0.15) is 36.2 Å². The van der Waals surface area contributed by atoms with Crippen molar-refractivity contribution in [2.24, 2.45) is 0 Å². The minimum absolute atomic E-state index is 0.1000. The fraction of sp³-hybridized carbons (Fsp3) is 0.294. The van der Waals surface area contributed by atoms with Crippen LogP contribution in [-0.2, 0) is 5.41 Å². The van der Waals surface area contributed by atoms with Gasteiger partial charge in [0.15, 0.2) is 0 Å². The van der Waals surface area contributed by atoms with Gasteiger partial charge in [0.1, 0.15) is 0 Å². The van der Waals surface area contributed by atoms with Gasteiger partial charge in [-0.15, -0.1) is 0 Å². The molecule has 0 saturated carbocycles. The van der Waals surface area contributed by atoms with Gasteiger partial charge >= 0.3 is 141 Å². The molecule has 0 atom stereocenters. The summed E-state index contributed by atoms with van der Waals surface area (Å²) in [7, 11) is 0. The minimum atomic E-state index is -0.930. The molecule has 5 heteroatoms. The van der Waals surface area contributed by atoms with Crippen LogP contribution in [0.15, 0.2) is 41.4 Å². The average Bonchev–Trinajstić information content (AvgIpc) is 2.48. The Kier molecular flexibility index (Phi) is 4.31. The molecule has 0 aliphatic carbocycles. The van der Waals surface area contributed by atoms with Crippen LogP contribution in [-0.4, -0.2) is 36.8 Å². The zero-order valence-corrected chi connectivity index (χ0v) is 15.0. The van der Waals surface area contributed by atoms with E-state index in [1.54, 1.807) is 6.07 Å². The number of carboxylic acid groups (broad SMARTS) is 1. The molecule has 0 radical (unpaired) electrons. The predicted octanol–water partition coefficient (Wildman–Crippen LogP) is 2.21. The number of carboxylic acids is 1. The molecular weight excluding hydrogens is 361 g/mol. The molecule has 2 heterocycles. The zero-order valence-electron chi connectivity index (χ0n) is 12.5. The van der Waals surface area contributed by atoms with Crippen molar-refractivity contribution in [1.29, 1.82) is 0 Å². The second-order valence-electron chi connectivity index (χ2n) is 5.91. The maximum atomic E-state index is 10.9. The van der Waals surface area contributed by atoms with Crippen molar-refractivity contribution in [1.82, 2.24) is 4.98 Å². The number of hydrogen-bond acceptors (Lipinski definition) is 3. The van der Waals surface area contributed by atoms with Gasteiger partial charge in [-0.3, -0.25) is 0 Å². The van der Waals surface area contributed by atoms with Crippen molar-refractivity contribution in [2.45, 2.75) is 30.6 Å². The van der Waals surface area contributed by atoms with E-state index >= 15 is 0 Å². The van der Waals surface area contributed by atoms with Crippen LogP contribution in [0.4, 0.5) is 0 Å². The topological polar surface area (TPSA) is 50.2 Å². The van der Waals surface area contributed by atoms with Crippen molar-refractivity contribution in [2.75, 3.05) is 5.75 Å². The Labute approximate surface area is 140 Å². The first-order valence-corrected chi connectivity index (χ1v) is 9.81. The van der Waals surface area contributed by atoms with Gasteiger partial charge in [0.05, 0.1) is 0 Å². The van der Waals surface area contributed by atoms with Gasteiger partial charge in [0, 0.05) is 0 Å². The molecule has 114 valence electrons. The molecule has 1 aromatic heterocycles. The molecular formula is C17H17NO2SSe. The van der Waals surface area contributed by atoms with Crippen molar-refractivity contribution in [3.63, 3.8) is 0 Å². The number of thioether (sulfide) groups is 1. The van der Waals surface area contributed by atoms with Gasteiger partial charge < -0.3 is 0 Å². The summed E-state index contributed by atoms with van der Waals surface area (Å²) in [5.41, 5.74) is 1.91. The van der Waals surface area contributed by atoms with Gasteiger partial charge in [0.2, 0.25) is 0 Å². The predicted molar refractivity (Wildman–Crippen MR) is 91.0 cm³/mol. The Morgan fingerprint density at radius 2 is 2.14 bits per heavy atom. The molecule has 2 aromatic rings. The molecule has 0 spiro atoms. The van der Waals surface area contributed by atoms with E-state index in [0.29, 0.717) is 0 Å². The van der Waals surface area contributed by atoms with Gasteiger partial charge in [-0.1, -0.05) is 0 Å². The Morgan fingerprint density at radius 3 is 2.82 bits per heavy atom. The zero-order chi connectivity index (χ0) is 15.7. The molecule has 1 N–H and O–H groups in total. The molecule has 1 aliphatic rings. The number of benzene rings is 1. The van der Waals surface area contributed by atoms with Crippen LogP contribution in [0, 0.1) is 0 Å². The summed E-state index contributed by atoms with van der Waals surface area (Å²) in [5.74, 6) is 0.222. The van der Waals surface area contributed by atoms with E-state index in [9.17, 15) is 4.79 Å². The Bertz CT molecular complexity index is 713. The van der Waals surface area contributed by atoms with Crippen LogP contribution in [0.2, 0.25) is 0 Å². The standard InChI is InChI=1S/C17H17NO2SSe/c1-17(2)8-9-21-15-12(17)4-3-5-13(15)22-14-7-6-11(10-18-14)16(19)20/h3-7,10H,8-9H2,1-2H3,(H,19,20). The Morgan fingerprint density at radius 1 is 1.32 bits per heavy atom. The quantitative estimate of drug-likeness (QED) is 0.833. The first-order chi connectivity index (χ1) is 10.5. The molecule has 0 fully saturated rings. The van der Waals surface area contributed by atoms with Crippen LogP contribution in [0.25, 0.3) is 0 Å². The van der Waals surface area contributed by atoms with E-state index in [4.69, 9.17) is 5.11 Å². The monoisotopic (exact) mass is 379 g/mol. The summed E-state index contributed by atoms with van der Waals surface area (Å²) in [6.45, 7) is 4.62. The number of pyridine rings is 1. The third-order valence-corrected chi connectivity index (χ3v) is 7.43. The number of fused-ring (bicyclic) bond motifs is 1. The number of nitrogens with zero attached hydrogens (tertiary/aromatic N) is 1. The number of carbonyl (C=O) groups is 1. The summed E-state index contributed by atoms with van der Waals surface area (Å²) >= 11 is 2.04. The maximum absolute atomic E-state index is 10.9. The Balaban J connectivity index is 1.92. The van der Waals surface area contributed by atoms with Crippen LogP contribution < -0.4 is 9.05 Å². The number of aromatic carboxylic acids is 1. The normalized spacial score (nSPS) is 16.1. The van der Waals surface area contributed by atoms with Crippen LogP contribution in [0.5, 0.6) is 0 Å². The van der Waals surface area contributed by atoms with Crippen LogP contribution in [0.3, 0.4) is 0 Å². The fourth-order valence-electron chi connectivity index (χ4n) is 2.50. The van der Waals surface area contributed by atoms with Gasteiger partial charge in [-0.25, -0.2) is 0 Å². The second-order valence-corrected chi connectivity index (χ2v) is 9.24.